The number of anilines is 1. The third-order valence-corrected chi connectivity index (χ3v) is 4.56. The van der Waals surface area contributed by atoms with Gasteiger partial charge in [-0.1, -0.05) is 15.9 Å². The smallest absolute Gasteiger partial charge is 0.338 e. The summed E-state index contributed by atoms with van der Waals surface area (Å²) in [7, 11) is 0. The fraction of sp³-hybridized carbons (Fsp3) is 0. The number of hydrogen-bond acceptors (Lipinski definition) is 9. The molecule has 0 aliphatic carbocycles. The van der Waals surface area contributed by atoms with Crippen LogP contribution in [0.3, 0.4) is 0 Å². The van der Waals surface area contributed by atoms with E-state index in [1.807, 2.05) is 0 Å². The average Bonchev–Trinajstić information content (AvgIpc) is 2.81. The van der Waals surface area contributed by atoms with E-state index in [9.17, 15) is 29.8 Å². The Morgan fingerprint density at radius 1 is 0.848 bits per heavy atom. The number of non-ortho nitro benzene ring substituents is 2. The first kappa shape index (κ1) is 23.1. The molecule has 1 N–H and O–H groups in total. The normalized spacial score (nSPS) is 10.6. The Bertz CT molecular complexity index is 1230. The molecule has 1 amide bonds. The number of carbonyl (C=O) groups is 2. The van der Waals surface area contributed by atoms with E-state index < -0.39 is 33.1 Å². The van der Waals surface area contributed by atoms with Crippen molar-refractivity contribution >= 4 is 50.6 Å². The monoisotopic (exact) mass is 513 g/mol. The second-order valence-electron chi connectivity index (χ2n) is 6.30. The molecule has 0 bridgehead atoms. The minimum atomic E-state index is -0.993. The predicted molar refractivity (Wildman–Crippen MR) is 118 cm³/mol. The number of azo groups is 1. The minimum Gasteiger partial charge on any atom is -0.338 e. The number of nitro groups is 2. The van der Waals surface area contributed by atoms with Crippen molar-refractivity contribution in [2.45, 2.75) is 0 Å². The van der Waals surface area contributed by atoms with Gasteiger partial charge in [-0.05, 0) is 48.5 Å². The van der Waals surface area contributed by atoms with E-state index in [0.29, 0.717) is 11.3 Å². The van der Waals surface area contributed by atoms with Crippen LogP contribution in [0.5, 0.6) is 0 Å². The number of amides is 1. The van der Waals surface area contributed by atoms with Crippen molar-refractivity contribution in [2.75, 3.05) is 5.48 Å². The van der Waals surface area contributed by atoms with E-state index in [2.05, 4.69) is 31.6 Å². The van der Waals surface area contributed by atoms with Crippen LogP contribution in [0.4, 0.5) is 22.7 Å². The molecule has 33 heavy (non-hydrogen) atoms. The Balaban J connectivity index is 1.64. The molecule has 0 saturated heterocycles. The van der Waals surface area contributed by atoms with Crippen molar-refractivity contribution in [2.24, 2.45) is 10.2 Å². The molecule has 166 valence electrons. The zero-order valence-electron chi connectivity index (χ0n) is 16.4. The van der Waals surface area contributed by atoms with Crippen LogP contribution in [-0.4, -0.2) is 21.7 Å². The standard InChI is InChI=1S/C20H12BrN5O7/c21-14-3-1-12(2-4-14)20(28)33-24-16-7-5-15(6-8-16)22-23-19(27)13-9-17(25(29)30)11-18(10-13)26(31)32/h1-11,24H. The van der Waals surface area contributed by atoms with E-state index in [-0.39, 0.29) is 11.3 Å². The maximum atomic E-state index is 12.2. The van der Waals surface area contributed by atoms with Crippen LogP contribution in [0.25, 0.3) is 0 Å². The highest BCUT2D eigenvalue weighted by Gasteiger charge is 2.19. The highest BCUT2D eigenvalue weighted by Crippen LogP contribution is 2.24. The molecule has 0 spiro atoms. The third-order valence-electron chi connectivity index (χ3n) is 4.04. The summed E-state index contributed by atoms with van der Waals surface area (Å²) >= 11 is 3.27. The van der Waals surface area contributed by atoms with Gasteiger partial charge >= 0.3 is 5.97 Å². The zero-order valence-corrected chi connectivity index (χ0v) is 18.0. The molecule has 3 aromatic rings. The highest BCUT2D eigenvalue weighted by molar-refractivity contribution is 9.10. The van der Waals surface area contributed by atoms with Crippen LogP contribution in [-0.2, 0) is 4.84 Å². The Hall–Kier alpha value is -4.52. The van der Waals surface area contributed by atoms with Gasteiger partial charge < -0.3 is 4.84 Å². The molecule has 0 atom stereocenters. The lowest BCUT2D eigenvalue weighted by Crippen LogP contribution is -2.10. The van der Waals surface area contributed by atoms with Crippen molar-refractivity contribution in [3.05, 3.63) is 103 Å². The van der Waals surface area contributed by atoms with Crippen molar-refractivity contribution in [3.63, 3.8) is 0 Å². The van der Waals surface area contributed by atoms with E-state index >= 15 is 0 Å². The summed E-state index contributed by atoms with van der Waals surface area (Å²) in [5.74, 6) is -1.59. The zero-order chi connectivity index (χ0) is 24.0. The van der Waals surface area contributed by atoms with Gasteiger partial charge in [0.15, 0.2) is 0 Å². The lowest BCUT2D eigenvalue weighted by molar-refractivity contribution is -0.394. The summed E-state index contributed by atoms with van der Waals surface area (Å²) in [6.45, 7) is 0. The molecular formula is C20H12BrN5O7. The van der Waals surface area contributed by atoms with Crippen molar-refractivity contribution in [1.82, 2.24) is 0 Å². The Morgan fingerprint density at radius 2 is 1.42 bits per heavy atom. The number of nitro benzene ring substituents is 2. The molecular weight excluding hydrogens is 502 g/mol. The van der Waals surface area contributed by atoms with Crippen molar-refractivity contribution in [3.8, 4) is 0 Å². The Morgan fingerprint density at radius 3 is 1.97 bits per heavy atom. The van der Waals surface area contributed by atoms with Crippen LogP contribution in [0.1, 0.15) is 20.7 Å². The first-order valence-electron chi connectivity index (χ1n) is 8.95. The van der Waals surface area contributed by atoms with Gasteiger partial charge in [0.05, 0.1) is 38.4 Å². The number of halogens is 1. The van der Waals surface area contributed by atoms with E-state index in [1.165, 1.54) is 24.3 Å². The van der Waals surface area contributed by atoms with Crippen LogP contribution >= 0.6 is 15.9 Å². The number of carbonyl (C=O) groups excluding carboxylic acids is 2. The average molecular weight is 514 g/mol. The number of nitrogens with one attached hydrogen (secondary N) is 1. The molecule has 0 aliphatic heterocycles. The van der Waals surface area contributed by atoms with Gasteiger partial charge in [0.25, 0.3) is 17.3 Å². The molecule has 12 nitrogen and oxygen atoms in total. The molecule has 0 saturated carbocycles. The number of benzene rings is 3. The maximum Gasteiger partial charge on any atom is 0.362 e. The van der Waals surface area contributed by atoms with Gasteiger partial charge in [-0.25, -0.2) is 10.3 Å². The van der Waals surface area contributed by atoms with Crippen LogP contribution < -0.4 is 5.48 Å². The minimum absolute atomic E-state index is 0.244. The molecule has 0 radical (unpaired) electrons. The molecule has 0 aliphatic rings. The SMILES string of the molecule is O=C(N=Nc1ccc(NOC(=O)c2ccc(Br)cc2)cc1)c1cc([N+](=O)[O-])cc([N+](=O)[O-])c1. The van der Waals surface area contributed by atoms with E-state index in [0.717, 1.165) is 22.7 Å². The van der Waals surface area contributed by atoms with Gasteiger partial charge in [0.2, 0.25) is 0 Å². The second kappa shape index (κ2) is 10.2. The van der Waals surface area contributed by atoms with Crippen molar-refractivity contribution in [1.29, 1.82) is 0 Å². The summed E-state index contributed by atoms with van der Waals surface area (Å²) in [5, 5.41) is 29.0. The van der Waals surface area contributed by atoms with E-state index in [1.54, 1.807) is 24.3 Å². The fourth-order valence-corrected chi connectivity index (χ4v) is 2.70. The van der Waals surface area contributed by atoms with E-state index in [4.69, 9.17) is 4.84 Å². The van der Waals surface area contributed by atoms with Crippen molar-refractivity contribution < 1.29 is 24.3 Å². The molecule has 13 heteroatoms. The fourth-order valence-electron chi connectivity index (χ4n) is 2.44. The predicted octanol–water partition coefficient (Wildman–Crippen LogP) is 5.37. The molecule has 0 fully saturated rings. The van der Waals surface area contributed by atoms with Gasteiger partial charge in [0, 0.05) is 16.6 Å². The molecule has 3 rings (SSSR count). The van der Waals surface area contributed by atoms with Gasteiger partial charge in [-0.2, -0.15) is 0 Å². The van der Waals surface area contributed by atoms with Crippen LogP contribution in [0, 0.1) is 20.2 Å². The number of rotatable bonds is 7. The molecule has 3 aromatic carbocycles. The van der Waals surface area contributed by atoms with Gasteiger partial charge in [0.1, 0.15) is 0 Å². The van der Waals surface area contributed by atoms with Gasteiger partial charge in [-0.15, -0.1) is 10.2 Å². The largest absolute Gasteiger partial charge is 0.362 e. The first-order chi connectivity index (χ1) is 15.7. The molecule has 0 unspecified atom stereocenters. The lowest BCUT2D eigenvalue weighted by atomic mass is 10.1. The summed E-state index contributed by atoms with van der Waals surface area (Å²) in [6.07, 6.45) is 0. The van der Waals surface area contributed by atoms with Crippen LogP contribution in [0.15, 0.2) is 81.4 Å². The Kier molecular flexibility index (Phi) is 7.15. The second-order valence-corrected chi connectivity index (χ2v) is 7.22. The quantitative estimate of drug-likeness (QED) is 0.249. The Labute approximate surface area is 193 Å². The molecule has 0 heterocycles. The highest BCUT2D eigenvalue weighted by atomic mass is 79.9. The summed E-state index contributed by atoms with van der Waals surface area (Å²) < 4.78 is 0.818. The lowest BCUT2D eigenvalue weighted by Gasteiger charge is -2.07. The first-order valence-corrected chi connectivity index (χ1v) is 9.75. The summed E-state index contributed by atoms with van der Waals surface area (Å²) in [6, 6.07) is 15.0. The molecule has 0 aromatic heterocycles. The van der Waals surface area contributed by atoms with Crippen LogP contribution in [0.2, 0.25) is 0 Å². The third kappa shape index (κ3) is 6.24. The topological polar surface area (TPSA) is 166 Å². The summed E-state index contributed by atoms with van der Waals surface area (Å²) in [5.41, 5.74) is 1.91. The summed E-state index contributed by atoms with van der Waals surface area (Å²) in [4.78, 5) is 49.3. The number of hydrogen-bond donors (Lipinski definition) is 1. The maximum absolute atomic E-state index is 12.2. The van der Waals surface area contributed by atoms with Gasteiger partial charge in [-0.3, -0.25) is 25.0 Å². The number of nitrogens with zero attached hydrogens (tertiary/aromatic N) is 4.